The maximum Gasteiger partial charge on any atom is 0.418 e. The average molecular weight is 312 g/mol. The van der Waals surface area contributed by atoms with Crippen molar-refractivity contribution in [1.29, 1.82) is 0 Å². The summed E-state index contributed by atoms with van der Waals surface area (Å²) in [5.74, 6) is 0. The van der Waals surface area contributed by atoms with Crippen LogP contribution in [0.5, 0.6) is 0 Å². The van der Waals surface area contributed by atoms with Crippen LogP contribution in [-0.4, -0.2) is 22.4 Å². The van der Waals surface area contributed by atoms with Crippen molar-refractivity contribution in [2.75, 3.05) is 11.9 Å². The van der Waals surface area contributed by atoms with E-state index in [1.54, 1.807) is 23.1 Å². The van der Waals surface area contributed by atoms with Gasteiger partial charge in [-0.25, -0.2) is 4.79 Å². The number of hydrogen-bond donors (Lipinski definition) is 2. The molecule has 1 aromatic heterocycles. The Kier molecular flexibility index (Phi) is 5.03. The number of benzene rings is 1. The van der Waals surface area contributed by atoms with Crippen molar-refractivity contribution in [2.45, 2.75) is 19.1 Å². The van der Waals surface area contributed by atoms with Gasteiger partial charge in [-0.2, -0.15) is 18.3 Å². The highest BCUT2D eigenvalue weighted by Crippen LogP contribution is 2.34. The van der Waals surface area contributed by atoms with Gasteiger partial charge in [0.05, 0.1) is 11.3 Å². The number of aromatic nitrogens is 2. The number of para-hydroxylation sites is 1. The SMILES string of the molecule is O=C(NCCCn1cccn1)Nc1ccccc1C(F)(F)F. The van der Waals surface area contributed by atoms with E-state index >= 15 is 0 Å². The van der Waals surface area contributed by atoms with E-state index in [4.69, 9.17) is 0 Å². The van der Waals surface area contributed by atoms with E-state index in [1.807, 2.05) is 0 Å². The van der Waals surface area contributed by atoms with Gasteiger partial charge in [-0.05, 0) is 24.6 Å². The molecule has 1 aromatic carbocycles. The van der Waals surface area contributed by atoms with Crippen LogP contribution in [0.4, 0.5) is 23.7 Å². The highest BCUT2D eigenvalue weighted by Gasteiger charge is 2.33. The lowest BCUT2D eigenvalue weighted by atomic mass is 10.1. The molecule has 2 aromatic rings. The Morgan fingerprint density at radius 1 is 1.23 bits per heavy atom. The van der Waals surface area contributed by atoms with Gasteiger partial charge in [0.1, 0.15) is 0 Å². The van der Waals surface area contributed by atoms with E-state index in [1.165, 1.54) is 18.2 Å². The van der Waals surface area contributed by atoms with Gasteiger partial charge in [0.25, 0.3) is 0 Å². The molecule has 0 aliphatic carbocycles. The summed E-state index contributed by atoms with van der Waals surface area (Å²) in [5.41, 5.74) is -1.14. The van der Waals surface area contributed by atoms with Crippen LogP contribution in [0.2, 0.25) is 0 Å². The van der Waals surface area contributed by atoms with Gasteiger partial charge in [-0.1, -0.05) is 12.1 Å². The maximum atomic E-state index is 12.8. The molecule has 2 amide bonds. The first-order valence-electron chi connectivity index (χ1n) is 6.65. The minimum Gasteiger partial charge on any atom is -0.338 e. The monoisotopic (exact) mass is 312 g/mol. The standard InChI is InChI=1S/C14H15F3N4O/c15-14(16,17)11-5-1-2-6-12(11)20-13(22)18-7-3-9-21-10-4-8-19-21/h1-2,4-6,8,10H,3,7,9H2,(H2,18,20,22). The van der Waals surface area contributed by atoms with Crippen molar-refractivity contribution < 1.29 is 18.0 Å². The van der Waals surface area contributed by atoms with E-state index in [0.29, 0.717) is 19.5 Å². The lowest BCUT2D eigenvalue weighted by Crippen LogP contribution is -2.31. The fourth-order valence-corrected chi connectivity index (χ4v) is 1.88. The van der Waals surface area contributed by atoms with Crippen LogP contribution >= 0.6 is 0 Å². The van der Waals surface area contributed by atoms with Crippen molar-refractivity contribution >= 4 is 11.7 Å². The molecule has 0 unspecified atom stereocenters. The number of alkyl halides is 3. The Bertz CT molecular complexity index is 611. The quantitative estimate of drug-likeness (QED) is 0.833. The van der Waals surface area contributed by atoms with E-state index < -0.39 is 17.8 Å². The number of amides is 2. The van der Waals surface area contributed by atoms with Gasteiger partial charge >= 0.3 is 12.2 Å². The average Bonchev–Trinajstić information content (AvgIpc) is 2.96. The molecule has 2 N–H and O–H groups in total. The minimum atomic E-state index is -4.51. The third-order valence-corrected chi connectivity index (χ3v) is 2.89. The van der Waals surface area contributed by atoms with Gasteiger partial charge in [-0.15, -0.1) is 0 Å². The first kappa shape index (κ1) is 15.9. The molecular weight excluding hydrogens is 297 g/mol. The number of rotatable bonds is 5. The smallest absolute Gasteiger partial charge is 0.338 e. The predicted octanol–water partition coefficient (Wildman–Crippen LogP) is 3.11. The number of anilines is 1. The third kappa shape index (κ3) is 4.51. The first-order chi connectivity index (χ1) is 10.5. The topological polar surface area (TPSA) is 59.0 Å². The van der Waals surface area contributed by atoms with Crippen LogP contribution in [0.3, 0.4) is 0 Å². The van der Waals surface area contributed by atoms with Gasteiger partial charge in [0, 0.05) is 25.5 Å². The molecule has 0 fully saturated rings. The number of carbonyl (C=O) groups is 1. The third-order valence-electron chi connectivity index (χ3n) is 2.89. The van der Waals surface area contributed by atoms with Crippen molar-refractivity contribution in [1.82, 2.24) is 15.1 Å². The predicted molar refractivity (Wildman–Crippen MR) is 75.3 cm³/mol. The molecule has 1 heterocycles. The van der Waals surface area contributed by atoms with E-state index in [9.17, 15) is 18.0 Å². The number of carbonyl (C=O) groups excluding carboxylic acids is 1. The normalized spacial score (nSPS) is 11.2. The number of hydrogen-bond acceptors (Lipinski definition) is 2. The minimum absolute atomic E-state index is 0.264. The summed E-state index contributed by atoms with van der Waals surface area (Å²) in [7, 11) is 0. The Balaban J connectivity index is 1.82. The maximum absolute atomic E-state index is 12.8. The van der Waals surface area contributed by atoms with Crippen molar-refractivity contribution in [2.24, 2.45) is 0 Å². The fraction of sp³-hybridized carbons (Fsp3) is 0.286. The summed E-state index contributed by atoms with van der Waals surface area (Å²) < 4.78 is 40.1. The highest BCUT2D eigenvalue weighted by atomic mass is 19.4. The van der Waals surface area contributed by atoms with Gasteiger partial charge < -0.3 is 10.6 Å². The van der Waals surface area contributed by atoms with Crippen LogP contribution < -0.4 is 10.6 Å². The second-order valence-electron chi connectivity index (χ2n) is 4.55. The van der Waals surface area contributed by atoms with Crippen LogP contribution in [-0.2, 0) is 12.7 Å². The molecule has 0 saturated carbocycles. The molecule has 0 aliphatic rings. The summed E-state index contributed by atoms with van der Waals surface area (Å²) in [6.07, 6.45) is -0.451. The fourth-order valence-electron chi connectivity index (χ4n) is 1.88. The van der Waals surface area contributed by atoms with Crippen LogP contribution in [0.15, 0.2) is 42.7 Å². The molecule has 0 spiro atoms. The van der Waals surface area contributed by atoms with Gasteiger partial charge in [0.2, 0.25) is 0 Å². The van der Waals surface area contributed by atoms with Crippen molar-refractivity contribution in [3.63, 3.8) is 0 Å². The van der Waals surface area contributed by atoms with E-state index in [0.717, 1.165) is 6.07 Å². The second kappa shape index (κ2) is 6.97. The molecule has 0 atom stereocenters. The summed E-state index contributed by atoms with van der Waals surface area (Å²) in [6.45, 7) is 0.951. The molecular formula is C14H15F3N4O. The van der Waals surface area contributed by atoms with Crippen LogP contribution in [0, 0.1) is 0 Å². The number of nitrogens with zero attached hydrogens (tertiary/aromatic N) is 2. The summed E-state index contributed by atoms with van der Waals surface area (Å²) in [6, 6.07) is 5.96. The first-order valence-corrected chi connectivity index (χ1v) is 6.65. The van der Waals surface area contributed by atoms with Gasteiger partial charge in [0.15, 0.2) is 0 Å². The van der Waals surface area contributed by atoms with Gasteiger partial charge in [-0.3, -0.25) is 4.68 Å². The molecule has 8 heteroatoms. The largest absolute Gasteiger partial charge is 0.418 e. The molecule has 5 nitrogen and oxygen atoms in total. The molecule has 22 heavy (non-hydrogen) atoms. The summed E-state index contributed by atoms with van der Waals surface area (Å²) >= 11 is 0. The lowest BCUT2D eigenvalue weighted by Gasteiger charge is -2.14. The number of halogens is 3. The summed E-state index contributed by atoms with van der Waals surface area (Å²) in [4.78, 5) is 11.6. The zero-order valence-electron chi connectivity index (χ0n) is 11.6. The van der Waals surface area contributed by atoms with Crippen molar-refractivity contribution in [3.8, 4) is 0 Å². The van der Waals surface area contributed by atoms with E-state index in [-0.39, 0.29) is 5.69 Å². The van der Waals surface area contributed by atoms with Crippen LogP contribution in [0.1, 0.15) is 12.0 Å². The second-order valence-corrected chi connectivity index (χ2v) is 4.55. The highest BCUT2D eigenvalue weighted by molar-refractivity contribution is 5.90. The number of aryl methyl sites for hydroxylation is 1. The molecule has 2 rings (SSSR count). The molecule has 0 saturated heterocycles. The number of nitrogens with one attached hydrogen (secondary N) is 2. The Morgan fingerprint density at radius 2 is 2.00 bits per heavy atom. The molecule has 0 radical (unpaired) electrons. The lowest BCUT2D eigenvalue weighted by molar-refractivity contribution is -0.136. The van der Waals surface area contributed by atoms with E-state index in [2.05, 4.69) is 15.7 Å². The molecule has 118 valence electrons. The van der Waals surface area contributed by atoms with Crippen molar-refractivity contribution in [3.05, 3.63) is 48.3 Å². The Hall–Kier alpha value is -2.51. The Labute approximate surface area is 125 Å². The molecule has 0 aliphatic heterocycles. The summed E-state index contributed by atoms with van der Waals surface area (Å²) in [5, 5.41) is 8.73. The molecule has 0 bridgehead atoms. The Morgan fingerprint density at radius 3 is 2.68 bits per heavy atom. The zero-order chi connectivity index (χ0) is 16.0. The van der Waals surface area contributed by atoms with Crippen LogP contribution in [0.25, 0.3) is 0 Å². The number of urea groups is 1. The zero-order valence-corrected chi connectivity index (χ0v) is 11.6.